The van der Waals surface area contributed by atoms with E-state index < -0.39 is 0 Å². The second-order valence-corrected chi connectivity index (χ2v) is 8.80. The first-order valence-electron chi connectivity index (χ1n) is 9.22. The molecule has 3 heterocycles. The van der Waals surface area contributed by atoms with Gasteiger partial charge in [0.2, 0.25) is 4.96 Å². The van der Waals surface area contributed by atoms with Crippen molar-refractivity contribution in [1.82, 2.24) is 24.7 Å². The van der Waals surface area contributed by atoms with E-state index in [9.17, 15) is 0 Å². The Kier molecular flexibility index (Phi) is 5.12. The van der Waals surface area contributed by atoms with Gasteiger partial charge in [-0.2, -0.15) is 9.61 Å². The molecule has 0 saturated carbocycles. The first-order chi connectivity index (χ1) is 13.0. The maximum Gasteiger partial charge on any atom is 0.234 e. The van der Waals surface area contributed by atoms with Gasteiger partial charge in [-0.1, -0.05) is 44.2 Å². The molecule has 0 bridgehead atoms. The van der Waals surface area contributed by atoms with Crippen LogP contribution in [0.15, 0.2) is 24.3 Å². The Hall–Kier alpha value is -2.03. The van der Waals surface area contributed by atoms with Gasteiger partial charge in [0.05, 0.1) is 19.8 Å². The highest BCUT2D eigenvalue weighted by atomic mass is 32.1. The fraction of sp³-hybridized carbons (Fsp3) is 0.526. The normalized spacial score (nSPS) is 16.1. The summed E-state index contributed by atoms with van der Waals surface area (Å²) in [6, 6.07) is 8.28. The van der Waals surface area contributed by atoms with Gasteiger partial charge in [-0.25, -0.2) is 0 Å². The van der Waals surface area contributed by atoms with Crippen LogP contribution in [0.4, 0.5) is 0 Å². The van der Waals surface area contributed by atoms with Gasteiger partial charge >= 0.3 is 0 Å². The summed E-state index contributed by atoms with van der Waals surface area (Å²) in [6.07, 6.45) is 0. The van der Waals surface area contributed by atoms with Gasteiger partial charge in [-0.15, -0.1) is 10.2 Å². The first-order valence-corrected chi connectivity index (χ1v) is 10.0. The van der Waals surface area contributed by atoms with E-state index in [0.29, 0.717) is 6.61 Å². The Morgan fingerprint density at radius 1 is 1.11 bits per heavy atom. The molecule has 2 aromatic heterocycles. The second-order valence-electron chi connectivity index (χ2n) is 7.76. The zero-order chi connectivity index (χ0) is 18.9. The summed E-state index contributed by atoms with van der Waals surface area (Å²) in [4.78, 5) is 3.12. The third-order valence-corrected chi connectivity index (χ3v) is 5.52. The molecule has 27 heavy (non-hydrogen) atoms. The Labute approximate surface area is 162 Å². The van der Waals surface area contributed by atoms with Gasteiger partial charge in [0.1, 0.15) is 12.4 Å². The van der Waals surface area contributed by atoms with Gasteiger partial charge in [0.15, 0.2) is 10.8 Å². The van der Waals surface area contributed by atoms with Crippen LogP contribution < -0.4 is 4.74 Å². The zero-order valence-electron chi connectivity index (χ0n) is 16.0. The second kappa shape index (κ2) is 7.53. The Bertz CT molecular complexity index is 891. The summed E-state index contributed by atoms with van der Waals surface area (Å²) < 4.78 is 13.1. The minimum Gasteiger partial charge on any atom is -0.486 e. The number of hydrogen-bond donors (Lipinski definition) is 0. The lowest BCUT2D eigenvalue weighted by molar-refractivity contribution is 0.0328. The van der Waals surface area contributed by atoms with E-state index in [-0.39, 0.29) is 5.41 Å². The third-order valence-electron chi connectivity index (χ3n) is 4.65. The quantitative estimate of drug-likeness (QED) is 0.671. The Balaban J connectivity index is 1.40. The fourth-order valence-corrected chi connectivity index (χ4v) is 3.77. The van der Waals surface area contributed by atoms with Gasteiger partial charge in [0.25, 0.3) is 0 Å². The molecule has 0 N–H and O–H groups in total. The monoisotopic (exact) mass is 387 g/mol. The Morgan fingerprint density at radius 3 is 2.56 bits per heavy atom. The summed E-state index contributed by atoms with van der Waals surface area (Å²) in [6.45, 7) is 11.2. The minimum absolute atomic E-state index is 0.142. The molecule has 8 heteroatoms. The molecule has 0 unspecified atom stereocenters. The van der Waals surface area contributed by atoms with E-state index >= 15 is 0 Å². The summed E-state index contributed by atoms with van der Waals surface area (Å²) in [5, 5.41) is 14.1. The molecule has 4 rings (SSSR count). The van der Waals surface area contributed by atoms with Crippen LogP contribution in [0, 0.1) is 0 Å². The van der Waals surface area contributed by atoms with Crippen molar-refractivity contribution in [1.29, 1.82) is 0 Å². The number of nitrogens with zero attached hydrogens (tertiary/aromatic N) is 5. The molecule has 1 saturated heterocycles. The molecular weight excluding hydrogens is 362 g/mol. The molecule has 144 valence electrons. The average molecular weight is 388 g/mol. The molecule has 0 aliphatic carbocycles. The maximum atomic E-state index is 5.91. The molecular formula is C19H25N5O2S. The van der Waals surface area contributed by atoms with Crippen LogP contribution in [-0.2, 0) is 23.3 Å². The van der Waals surface area contributed by atoms with E-state index in [1.807, 2.05) is 16.6 Å². The fourth-order valence-electron chi connectivity index (χ4n) is 3.01. The standard InChI is InChI=1S/C19H25N5O2S/c1-19(2,3)14-4-6-15(7-5-14)26-13-17-22-24-16(20-21-18(24)27-17)12-23-8-10-25-11-9-23/h4-7H,8-13H2,1-3H3. The van der Waals surface area contributed by atoms with Gasteiger partial charge in [-0.3, -0.25) is 4.90 Å². The predicted molar refractivity (Wildman–Crippen MR) is 104 cm³/mol. The third kappa shape index (κ3) is 4.28. The number of hydrogen-bond acceptors (Lipinski definition) is 7. The number of morpholine rings is 1. The molecule has 1 fully saturated rings. The van der Waals surface area contributed by atoms with Crippen molar-refractivity contribution in [2.75, 3.05) is 26.3 Å². The lowest BCUT2D eigenvalue weighted by Gasteiger charge is -2.25. The summed E-state index contributed by atoms with van der Waals surface area (Å²) in [5.74, 6) is 1.71. The summed E-state index contributed by atoms with van der Waals surface area (Å²) >= 11 is 1.52. The lowest BCUT2D eigenvalue weighted by Crippen LogP contribution is -2.36. The number of rotatable bonds is 5. The van der Waals surface area contributed by atoms with Crippen LogP contribution in [0.25, 0.3) is 4.96 Å². The molecule has 0 spiro atoms. The summed E-state index contributed by atoms with van der Waals surface area (Å²) in [5.41, 5.74) is 1.43. The highest BCUT2D eigenvalue weighted by molar-refractivity contribution is 7.16. The molecule has 7 nitrogen and oxygen atoms in total. The number of fused-ring (bicyclic) bond motifs is 1. The highest BCUT2D eigenvalue weighted by Gasteiger charge is 2.17. The average Bonchev–Trinajstić information content (AvgIpc) is 3.22. The van der Waals surface area contributed by atoms with Crippen LogP contribution in [0.3, 0.4) is 0 Å². The smallest absolute Gasteiger partial charge is 0.234 e. The van der Waals surface area contributed by atoms with Crippen LogP contribution in [-0.4, -0.2) is 51.0 Å². The molecule has 1 aliphatic heterocycles. The molecule has 0 amide bonds. The minimum atomic E-state index is 0.142. The van der Waals surface area contributed by atoms with Crippen molar-refractivity contribution in [2.45, 2.75) is 39.3 Å². The Morgan fingerprint density at radius 2 is 1.85 bits per heavy atom. The molecule has 1 aromatic carbocycles. The largest absolute Gasteiger partial charge is 0.486 e. The highest BCUT2D eigenvalue weighted by Crippen LogP contribution is 2.25. The van der Waals surface area contributed by atoms with Crippen LogP contribution in [0.5, 0.6) is 5.75 Å². The van der Waals surface area contributed by atoms with Crippen molar-refractivity contribution in [3.8, 4) is 5.75 Å². The van der Waals surface area contributed by atoms with Crippen molar-refractivity contribution in [3.63, 3.8) is 0 Å². The number of benzene rings is 1. The maximum absolute atomic E-state index is 5.91. The van der Waals surface area contributed by atoms with E-state index in [2.05, 4.69) is 53.1 Å². The van der Waals surface area contributed by atoms with Gasteiger partial charge in [0, 0.05) is 13.1 Å². The summed E-state index contributed by atoms with van der Waals surface area (Å²) in [7, 11) is 0. The zero-order valence-corrected chi connectivity index (χ0v) is 16.8. The molecule has 3 aromatic rings. The SMILES string of the molecule is CC(C)(C)c1ccc(OCc2nn3c(CN4CCOCC4)nnc3s2)cc1. The van der Waals surface area contributed by atoms with Crippen LogP contribution in [0.1, 0.15) is 37.2 Å². The topological polar surface area (TPSA) is 64.8 Å². The number of aromatic nitrogens is 4. The molecule has 0 atom stereocenters. The van der Waals surface area contributed by atoms with Crippen molar-refractivity contribution < 1.29 is 9.47 Å². The molecule has 1 aliphatic rings. The van der Waals surface area contributed by atoms with E-state index in [4.69, 9.17) is 9.47 Å². The van der Waals surface area contributed by atoms with E-state index in [1.54, 1.807) is 0 Å². The van der Waals surface area contributed by atoms with Gasteiger partial charge in [-0.05, 0) is 23.1 Å². The van der Waals surface area contributed by atoms with Crippen molar-refractivity contribution >= 4 is 16.3 Å². The van der Waals surface area contributed by atoms with Crippen molar-refractivity contribution in [3.05, 3.63) is 40.7 Å². The number of ether oxygens (including phenoxy) is 2. The van der Waals surface area contributed by atoms with Crippen LogP contribution >= 0.6 is 11.3 Å². The molecule has 0 radical (unpaired) electrons. The first kappa shape index (κ1) is 18.3. The predicted octanol–water partition coefficient (Wildman–Crippen LogP) is 2.89. The van der Waals surface area contributed by atoms with E-state index in [0.717, 1.165) is 54.4 Å². The lowest BCUT2D eigenvalue weighted by atomic mass is 9.87. The van der Waals surface area contributed by atoms with E-state index in [1.165, 1.54) is 16.9 Å². The van der Waals surface area contributed by atoms with Crippen molar-refractivity contribution in [2.24, 2.45) is 0 Å². The van der Waals surface area contributed by atoms with Crippen LogP contribution in [0.2, 0.25) is 0 Å². The van der Waals surface area contributed by atoms with Gasteiger partial charge < -0.3 is 9.47 Å².